The summed E-state index contributed by atoms with van der Waals surface area (Å²) in [6.45, 7) is 9.18. The fourth-order valence-electron chi connectivity index (χ4n) is 5.60. The zero-order valence-electron chi connectivity index (χ0n) is 18.0. The second kappa shape index (κ2) is 7.71. The van der Waals surface area contributed by atoms with Crippen LogP contribution in [-0.2, 0) is 0 Å². The van der Waals surface area contributed by atoms with E-state index in [1.54, 1.807) is 0 Å². The maximum absolute atomic E-state index is 4.59. The maximum atomic E-state index is 4.59. The summed E-state index contributed by atoms with van der Waals surface area (Å²) in [5.41, 5.74) is 5.27. The molecule has 1 aromatic heterocycles. The Morgan fingerprint density at radius 1 is 0.828 bits per heavy atom. The van der Waals surface area contributed by atoms with Gasteiger partial charge >= 0.3 is 0 Å². The summed E-state index contributed by atoms with van der Waals surface area (Å²) in [7, 11) is 0. The third-order valence-electron chi connectivity index (χ3n) is 7.77. The Bertz CT molecular complexity index is 817. The molecule has 0 unspecified atom stereocenters. The van der Waals surface area contributed by atoms with Crippen molar-refractivity contribution in [2.45, 2.75) is 64.8 Å². The van der Waals surface area contributed by atoms with E-state index in [1.165, 1.54) is 69.2 Å². The molecule has 154 valence electrons. The van der Waals surface area contributed by atoms with Gasteiger partial charge in [0.1, 0.15) is 0 Å². The quantitative estimate of drug-likeness (QED) is 0.739. The lowest BCUT2D eigenvalue weighted by atomic mass is 9.70. The molecule has 3 heterocycles. The Balaban J connectivity index is 1.20. The van der Waals surface area contributed by atoms with Crippen LogP contribution in [0.15, 0.2) is 30.3 Å². The van der Waals surface area contributed by atoms with Gasteiger partial charge in [-0.2, -0.15) is 0 Å². The van der Waals surface area contributed by atoms with Crippen molar-refractivity contribution in [1.29, 1.82) is 0 Å². The van der Waals surface area contributed by atoms with Crippen molar-refractivity contribution in [3.63, 3.8) is 0 Å². The van der Waals surface area contributed by atoms with Crippen LogP contribution >= 0.6 is 0 Å². The van der Waals surface area contributed by atoms with Gasteiger partial charge in [-0.05, 0) is 95.1 Å². The Kier molecular flexibility index (Phi) is 5.07. The minimum Gasteiger partial charge on any atom is -0.355 e. The highest BCUT2D eigenvalue weighted by Crippen LogP contribution is 2.43. The Hall–Kier alpha value is -1.94. The normalized spacial score (nSPS) is 22.6. The van der Waals surface area contributed by atoms with E-state index in [1.807, 2.05) is 0 Å². The van der Waals surface area contributed by atoms with E-state index in [0.717, 1.165) is 36.2 Å². The van der Waals surface area contributed by atoms with E-state index < -0.39 is 0 Å². The molecular formula is C25H34N4. The third kappa shape index (κ3) is 3.92. The number of hydrogen-bond acceptors (Lipinski definition) is 4. The van der Waals surface area contributed by atoms with Gasteiger partial charge in [0.2, 0.25) is 0 Å². The van der Waals surface area contributed by atoms with Crippen LogP contribution in [0.5, 0.6) is 0 Å². The zero-order valence-corrected chi connectivity index (χ0v) is 18.0. The molecule has 2 aliphatic heterocycles. The Morgan fingerprint density at radius 2 is 1.48 bits per heavy atom. The topological polar surface area (TPSA) is 32.3 Å². The number of aryl methyl sites for hydroxylation is 2. The summed E-state index contributed by atoms with van der Waals surface area (Å²) >= 11 is 0. The molecule has 4 heteroatoms. The van der Waals surface area contributed by atoms with Crippen LogP contribution < -0.4 is 4.90 Å². The summed E-state index contributed by atoms with van der Waals surface area (Å²) in [6, 6.07) is 11.8. The molecule has 1 saturated carbocycles. The molecule has 5 rings (SSSR count). The lowest BCUT2D eigenvalue weighted by Crippen LogP contribution is -2.51. The lowest BCUT2D eigenvalue weighted by Gasteiger charge is -2.50. The Morgan fingerprint density at radius 3 is 2.03 bits per heavy atom. The first-order valence-corrected chi connectivity index (χ1v) is 11.5. The van der Waals surface area contributed by atoms with Crippen molar-refractivity contribution in [2.75, 3.05) is 31.1 Å². The SMILES string of the molecule is Cc1cc(C)cc(-c2ccc(N3CCC4(CC3)CCN(C3CCC3)CC4)nn2)c1. The van der Waals surface area contributed by atoms with Crippen molar-refractivity contribution < 1.29 is 0 Å². The molecule has 0 bridgehead atoms. The molecule has 0 N–H and O–H groups in total. The largest absolute Gasteiger partial charge is 0.355 e. The standard InChI is InChI=1S/C25H34N4/c1-19-16-20(2)18-21(17-19)23-6-7-24(27-26-23)29-14-10-25(11-15-29)8-12-28(13-9-25)22-4-3-5-22/h6-7,16-18,22H,3-5,8-15H2,1-2H3. The van der Waals surface area contributed by atoms with Gasteiger partial charge in [-0.15, -0.1) is 10.2 Å². The molecule has 0 amide bonds. The van der Waals surface area contributed by atoms with Crippen molar-refractivity contribution in [2.24, 2.45) is 5.41 Å². The van der Waals surface area contributed by atoms with Crippen LogP contribution in [0.1, 0.15) is 56.1 Å². The summed E-state index contributed by atoms with van der Waals surface area (Å²) in [6.07, 6.45) is 9.75. The van der Waals surface area contributed by atoms with Gasteiger partial charge in [0.05, 0.1) is 5.69 Å². The minimum absolute atomic E-state index is 0.587. The highest BCUT2D eigenvalue weighted by Gasteiger charge is 2.39. The van der Waals surface area contributed by atoms with Crippen LogP contribution in [0.4, 0.5) is 5.82 Å². The number of benzene rings is 1. The number of hydrogen-bond donors (Lipinski definition) is 0. The van der Waals surface area contributed by atoms with Crippen molar-refractivity contribution in [3.8, 4) is 11.3 Å². The van der Waals surface area contributed by atoms with Gasteiger partial charge < -0.3 is 9.80 Å². The van der Waals surface area contributed by atoms with E-state index in [0.29, 0.717) is 5.41 Å². The predicted octanol–water partition coefficient (Wildman–Crippen LogP) is 5.00. The van der Waals surface area contributed by atoms with Crippen LogP contribution in [0, 0.1) is 19.3 Å². The van der Waals surface area contributed by atoms with Crippen LogP contribution in [0.25, 0.3) is 11.3 Å². The smallest absolute Gasteiger partial charge is 0.151 e. The number of piperidine rings is 2. The lowest BCUT2D eigenvalue weighted by molar-refractivity contribution is 0.0305. The third-order valence-corrected chi connectivity index (χ3v) is 7.77. The first-order valence-electron chi connectivity index (χ1n) is 11.5. The minimum atomic E-state index is 0.587. The molecular weight excluding hydrogens is 356 g/mol. The monoisotopic (exact) mass is 390 g/mol. The molecule has 3 fully saturated rings. The molecule has 2 saturated heterocycles. The fourth-order valence-corrected chi connectivity index (χ4v) is 5.60. The summed E-state index contributed by atoms with van der Waals surface area (Å²) in [5.74, 6) is 1.04. The van der Waals surface area contributed by atoms with Gasteiger partial charge in [0.15, 0.2) is 5.82 Å². The summed E-state index contributed by atoms with van der Waals surface area (Å²) in [5, 5.41) is 9.15. The predicted molar refractivity (Wildman–Crippen MR) is 119 cm³/mol. The number of anilines is 1. The average molecular weight is 391 g/mol. The van der Waals surface area contributed by atoms with Gasteiger partial charge in [0.25, 0.3) is 0 Å². The second-order valence-electron chi connectivity index (χ2n) is 9.76. The van der Waals surface area contributed by atoms with Crippen molar-refractivity contribution in [1.82, 2.24) is 15.1 Å². The zero-order chi connectivity index (χ0) is 19.8. The Labute approximate surface area is 175 Å². The van der Waals surface area contributed by atoms with E-state index in [4.69, 9.17) is 0 Å². The van der Waals surface area contributed by atoms with Crippen LogP contribution in [0.3, 0.4) is 0 Å². The van der Waals surface area contributed by atoms with Gasteiger partial charge in [-0.25, -0.2) is 0 Å². The molecule has 4 nitrogen and oxygen atoms in total. The molecule has 2 aromatic rings. The molecule has 29 heavy (non-hydrogen) atoms. The van der Waals surface area contributed by atoms with Gasteiger partial charge in [-0.1, -0.05) is 23.6 Å². The molecule has 3 aliphatic rings. The van der Waals surface area contributed by atoms with Crippen LogP contribution in [-0.4, -0.2) is 47.3 Å². The maximum Gasteiger partial charge on any atom is 0.151 e. The second-order valence-corrected chi connectivity index (χ2v) is 9.76. The molecule has 1 spiro atoms. The van der Waals surface area contributed by atoms with E-state index in [2.05, 4.69) is 64.2 Å². The van der Waals surface area contributed by atoms with Crippen LogP contribution in [0.2, 0.25) is 0 Å². The number of rotatable bonds is 3. The first kappa shape index (κ1) is 19.0. The average Bonchev–Trinajstić information content (AvgIpc) is 2.69. The first-order chi connectivity index (χ1) is 14.1. The van der Waals surface area contributed by atoms with Gasteiger partial charge in [-0.3, -0.25) is 0 Å². The molecule has 0 radical (unpaired) electrons. The molecule has 0 atom stereocenters. The molecule has 1 aromatic carbocycles. The van der Waals surface area contributed by atoms with E-state index >= 15 is 0 Å². The number of likely N-dealkylation sites (tertiary alicyclic amines) is 1. The summed E-state index contributed by atoms with van der Waals surface area (Å²) in [4.78, 5) is 5.22. The number of nitrogens with zero attached hydrogens (tertiary/aromatic N) is 4. The van der Waals surface area contributed by atoms with Gasteiger partial charge in [0, 0.05) is 24.7 Å². The van der Waals surface area contributed by atoms with Crippen molar-refractivity contribution >= 4 is 5.82 Å². The fraction of sp³-hybridized carbons (Fsp3) is 0.600. The number of aromatic nitrogens is 2. The van der Waals surface area contributed by atoms with E-state index in [-0.39, 0.29) is 0 Å². The van der Waals surface area contributed by atoms with E-state index in [9.17, 15) is 0 Å². The molecule has 1 aliphatic carbocycles. The highest BCUT2D eigenvalue weighted by molar-refractivity contribution is 5.61. The highest BCUT2D eigenvalue weighted by atomic mass is 15.3. The summed E-state index contributed by atoms with van der Waals surface area (Å²) < 4.78 is 0. The van der Waals surface area contributed by atoms with Crippen molar-refractivity contribution in [3.05, 3.63) is 41.5 Å².